The highest BCUT2D eigenvalue weighted by atomic mass is 16.5. The SMILES string of the molecule is Cc1ccc(C(N)C(=O)N2CCC(C(=O)NCCCOC(C)C)CC2)cc1. The van der Waals surface area contributed by atoms with Gasteiger partial charge >= 0.3 is 0 Å². The first-order valence-electron chi connectivity index (χ1n) is 9.88. The fourth-order valence-electron chi connectivity index (χ4n) is 3.22. The second kappa shape index (κ2) is 10.4. The van der Waals surface area contributed by atoms with E-state index >= 15 is 0 Å². The maximum Gasteiger partial charge on any atom is 0.244 e. The van der Waals surface area contributed by atoms with E-state index in [1.165, 1.54) is 0 Å². The highest BCUT2D eigenvalue weighted by molar-refractivity contribution is 5.84. The maximum atomic E-state index is 12.6. The molecule has 0 aliphatic carbocycles. The van der Waals surface area contributed by atoms with Crippen LogP contribution in [0.5, 0.6) is 0 Å². The summed E-state index contributed by atoms with van der Waals surface area (Å²) in [6, 6.07) is 7.09. The average molecular weight is 376 g/mol. The molecule has 1 unspecified atom stereocenters. The standard InChI is InChI=1S/C21H33N3O3/c1-15(2)27-14-4-11-23-20(25)18-9-12-24(13-10-18)21(26)19(22)17-7-5-16(3)6-8-17/h5-8,15,18-19H,4,9-14,22H2,1-3H3,(H,23,25). The third-order valence-corrected chi connectivity index (χ3v) is 4.95. The van der Waals surface area contributed by atoms with E-state index in [0.717, 1.165) is 17.5 Å². The molecule has 0 bridgehead atoms. The summed E-state index contributed by atoms with van der Waals surface area (Å²) in [5, 5.41) is 2.98. The molecule has 6 heteroatoms. The van der Waals surface area contributed by atoms with Gasteiger partial charge in [-0.25, -0.2) is 0 Å². The van der Waals surface area contributed by atoms with E-state index in [2.05, 4.69) is 5.32 Å². The minimum atomic E-state index is -0.642. The van der Waals surface area contributed by atoms with E-state index in [1.54, 1.807) is 4.90 Å². The monoisotopic (exact) mass is 375 g/mol. The Labute approximate surface area is 162 Å². The molecular weight excluding hydrogens is 342 g/mol. The van der Waals surface area contributed by atoms with Crippen LogP contribution < -0.4 is 11.1 Å². The van der Waals surface area contributed by atoms with Crippen LogP contribution in [0.2, 0.25) is 0 Å². The molecule has 1 aromatic rings. The molecule has 6 nitrogen and oxygen atoms in total. The van der Waals surface area contributed by atoms with Crippen molar-refractivity contribution in [2.75, 3.05) is 26.2 Å². The summed E-state index contributed by atoms with van der Waals surface area (Å²) in [7, 11) is 0. The van der Waals surface area contributed by atoms with Crippen molar-refractivity contribution in [1.29, 1.82) is 0 Å². The van der Waals surface area contributed by atoms with Gasteiger partial charge in [0.15, 0.2) is 0 Å². The maximum absolute atomic E-state index is 12.6. The van der Waals surface area contributed by atoms with E-state index in [4.69, 9.17) is 10.5 Å². The van der Waals surface area contributed by atoms with Crippen molar-refractivity contribution >= 4 is 11.8 Å². The first-order valence-corrected chi connectivity index (χ1v) is 9.88. The van der Waals surface area contributed by atoms with Gasteiger partial charge in [0.1, 0.15) is 6.04 Å². The number of piperidine rings is 1. The molecule has 0 saturated carbocycles. The predicted molar refractivity (Wildman–Crippen MR) is 106 cm³/mol. The first kappa shape index (κ1) is 21.4. The second-order valence-corrected chi connectivity index (χ2v) is 7.55. The molecule has 1 aliphatic rings. The summed E-state index contributed by atoms with van der Waals surface area (Å²) in [5.74, 6) is -0.0197. The highest BCUT2D eigenvalue weighted by Gasteiger charge is 2.29. The summed E-state index contributed by atoms with van der Waals surface area (Å²) in [4.78, 5) is 26.7. The van der Waals surface area contributed by atoms with Crippen molar-refractivity contribution < 1.29 is 14.3 Å². The number of hydrogen-bond acceptors (Lipinski definition) is 4. The minimum Gasteiger partial charge on any atom is -0.379 e. The van der Waals surface area contributed by atoms with Gasteiger partial charge < -0.3 is 20.7 Å². The third kappa shape index (κ3) is 6.63. The quantitative estimate of drug-likeness (QED) is 0.682. The van der Waals surface area contributed by atoms with Crippen LogP contribution in [0.15, 0.2) is 24.3 Å². The number of benzene rings is 1. The van der Waals surface area contributed by atoms with Crippen LogP contribution in [0.3, 0.4) is 0 Å². The van der Waals surface area contributed by atoms with Gasteiger partial charge in [0.2, 0.25) is 11.8 Å². The molecule has 1 aliphatic heterocycles. The molecule has 0 spiro atoms. The molecule has 1 atom stereocenters. The predicted octanol–water partition coefficient (Wildman–Crippen LogP) is 2.16. The fourth-order valence-corrected chi connectivity index (χ4v) is 3.22. The van der Waals surface area contributed by atoms with Crippen LogP contribution in [0.4, 0.5) is 0 Å². The van der Waals surface area contributed by atoms with Crippen LogP contribution in [0.1, 0.15) is 50.3 Å². The first-order chi connectivity index (χ1) is 12.9. The van der Waals surface area contributed by atoms with Crippen LogP contribution >= 0.6 is 0 Å². The molecule has 0 aromatic heterocycles. The van der Waals surface area contributed by atoms with Gasteiger partial charge in [-0.15, -0.1) is 0 Å². The van der Waals surface area contributed by atoms with E-state index in [-0.39, 0.29) is 23.8 Å². The largest absolute Gasteiger partial charge is 0.379 e. The number of nitrogens with one attached hydrogen (secondary N) is 1. The summed E-state index contributed by atoms with van der Waals surface area (Å²) in [5.41, 5.74) is 8.11. The molecule has 27 heavy (non-hydrogen) atoms. The lowest BCUT2D eigenvalue weighted by molar-refractivity contribution is -0.136. The van der Waals surface area contributed by atoms with Gasteiger partial charge in [0.05, 0.1) is 6.10 Å². The smallest absolute Gasteiger partial charge is 0.244 e. The molecule has 1 heterocycles. The number of carbonyl (C=O) groups excluding carboxylic acids is 2. The molecule has 150 valence electrons. The third-order valence-electron chi connectivity index (χ3n) is 4.95. The van der Waals surface area contributed by atoms with Crippen molar-refractivity contribution in [3.8, 4) is 0 Å². The van der Waals surface area contributed by atoms with Crippen LogP contribution in [-0.4, -0.2) is 49.1 Å². The zero-order chi connectivity index (χ0) is 19.8. The van der Waals surface area contributed by atoms with Gasteiger partial charge in [0, 0.05) is 32.2 Å². The lowest BCUT2D eigenvalue weighted by Gasteiger charge is -2.33. The Kier molecular flexibility index (Phi) is 8.25. The van der Waals surface area contributed by atoms with Gasteiger partial charge in [-0.05, 0) is 45.6 Å². The molecule has 1 saturated heterocycles. The zero-order valence-electron chi connectivity index (χ0n) is 16.7. The number of aryl methyl sites for hydroxylation is 1. The van der Waals surface area contributed by atoms with E-state index < -0.39 is 6.04 Å². The number of amides is 2. The van der Waals surface area contributed by atoms with Crippen molar-refractivity contribution in [1.82, 2.24) is 10.2 Å². The molecule has 2 rings (SSSR count). The minimum absolute atomic E-state index is 0.0318. The zero-order valence-corrected chi connectivity index (χ0v) is 16.7. The number of hydrogen-bond donors (Lipinski definition) is 2. The fraction of sp³-hybridized carbons (Fsp3) is 0.619. The Balaban J connectivity index is 1.73. The second-order valence-electron chi connectivity index (χ2n) is 7.55. The van der Waals surface area contributed by atoms with Crippen molar-refractivity contribution in [3.05, 3.63) is 35.4 Å². The van der Waals surface area contributed by atoms with Crippen molar-refractivity contribution in [3.63, 3.8) is 0 Å². The summed E-state index contributed by atoms with van der Waals surface area (Å²) >= 11 is 0. The number of rotatable bonds is 8. The molecule has 2 amide bonds. The molecule has 1 fully saturated rings. The van der Waals surface area contributed by atoms with E-state index in [9.17, 15) is 9.59 Å². The Morgan fingerprint density at radius 2 is 1.85 bits per heavy atom. The van der Waals surface area contributed by atoms with E-state index in [0.29, 0.717) is 39.1 Å². The topological polar surface area (TPSA) is 84.7 Å². The highest BCUT2D eigenvalue weighted by Crippen LogP contribution is 2.21. The Morgan fingerprint density at radius 1 is 1.22 bits per heavy atom. The van der Waals surface area contributed by atoms with Crippen LogP contribution in [0.25, 0.3) is 0 Å². The molecular formula is C21H33N3O3. The van der Waals surface area contributed by atoms with Gasteiger partial charge in [-0.1, -0.05) is 29.8 Å². The van der Waals surface area contributed by atoms with E-state index in [1.807, 2.05) is 45.0 Å². The lowest BCUT2D eigenvalue weighted by Crippen LogP contribution is -2.46. The Hall–Kier alpha value is -1.92. The normalized spacial score (nSPS) is 16.4. The summed E-state index contributed by atoms with van der Waals surface area (Å²) in [6.07, 6.45) is 2.39. The molecule has 0 radical (unpaired) electrons. The summed E-state index contributed by atoms with van der Waals surface area (Å²) in [6.45, 7) is 8.44. The molecule has 3 N–H and O–H groups in total. The molecule has 1 aromatic carbocycles. The number of nitrogens with two attached hydrogens (primary N) is 1. The number of ether oxygens (including phenoxy) is 1. The Morgan fingerprint density at radius 3 is 2.44 bits per heavy atom. The van der Waals surface area contributed by atoms with Gasteiger partial charge in [-0.2, -0.15) is 0 Å². The van der Waals surface area contributed by atoms with Gasteiger partial charge in [0.25, 0.3) is 0 Å². The number of nitrogens with zero attached hydrogens (tertiary/aromatic N) is 1. The van der Waals surface area contributed by atoms with Crippen molar-refractivity contribution in [2.45, 2.75) is 52.2 Å². The average Bonchev–Trinajstić information content (AvgIpc) is 2.67. The van der Waals surface area contributed by atoms with Gasteiger partial charge in [-0.3, -0.25) is 9.59 Å². The van der Waals surface area contributed by atoms with Crippen molar-refractivity contribution in [2.24, 2.45) is 11.7 Å². The van der Waals surface area contributed by atoms with Crippen LogP contribution in [-0.2, 0) is 14.3 Å². The number of carbonyl (C=O) groups is 2. The lowest BCUT2D eigenvalue weighted by atomic mass is 9.94. The van der Waals surface area contributed by atoms with Crippen LogP contribution in [0, 0.1) is 12.8 Å². The Bertz CT molecular complexity index is 608. The number of likely N-dealkylation sites (tertiary alicyclic amines) is 1. The summed E-state index contributed by atoms with van der Waals surface area (Å²) < 4.78 is 5.47.